The van der Waals surface area contributed by atoms with Crippen LogP contribution in [0.1, 0.15) is 80.8 Å². The minimum Gasteiger partial charge on any atom is -0.492 e. The molecule has 3 fully saturated rings. The molecule has 2 aliphatic heterocycles. The quantitative estimate of drug-likeness (QED) is 0.259. The SMILES string of the molecule is CC1(COc2cc(F)c(C(=O)N3CCCC3C(=O)OC(C)(C)C)cc2C2CC2)CN(c2cc(C(F)(F)F)c(Cl)cn2)C1. The van der Waals surface area contributed by atoms with E-state index in [-0.39, 0.29) is 23.9 Å². The van der Waals surface area contributed by atoms with Gasteiger partial charge in [0.2, 0.25) is 0 Å². The lowest BCUT2D eigenvalue weighted by Gasteiger charge is -2.48. The Morgan fingerprint density at radius 2 is 1.81 bits per heavy atom. The van der Waals surface area contributed by atoms with Gasteiger partial charge < -0.3 is 19.3 Å². The summed E-state index contributed by atoms with van der Waals surface area (Å²) in [5, 5.41) is -0.459. The van der Waals surface area contributed by atoms with Gasteiger partial charge in [0.1, 0.15) is 29.0 Å². The minimum absolute atomic E-state index is 0.102. The van der Waals surface area contributed by atoms with Gasteiger partial charge in [-0.1, -0.05) is 18.5 Å². The summed E-state index contributed by atoms with van der Waals surface area (Å²) in [5.41, 5.74) is -1.42. The third-order valence-electron chi connectivity index (χ3n) is 7.73. The molecule has 0 spiro atoms. The molecule has 7 nitrogen and oxygen atoms in total. The van der Waals surface area contributed by atoms with Crippen LogP contribution in [0, 0.1) is 11.2 Å². The number of hydrogen-bond donors (Lipinski definition) is 0. The van der Waals surface area contributed by atoms with Crippen molar-refractivity contribution in [2.45, 2.75) is 77.1 Å². The van der Waals surface area contributed by atoms with E-state index in [1.54, 1.807) is 31.7 Å². The molecule has 2 aromatic rings. The highest BCUT2D eigenvalue weighted by molar-refractivity contribution is 6.31. The maximum atomic E-state index is 15.4. The highest BCUT2D eigenvalue weighted by Gasteiger charge is 2.43. The molecule has 0 radical (unpaired) electrons. The average molecular weight is 612 g/mol. The number of aromatic nitrogens is 1. The lowest BCUT2D eigenvalue weighted by molar-refractivity contribution is -0.159. The Balaban J connectivity index is 1.28. The van der Waals surface area contributed by atoms with Crippen molar-refractivity contribution in [2.24, 2.45) is 5.41 Å². The molecule has 2 saturated heterocycles. The van der Waals surface area contributed by atoms with Crippen molar-refractivity contribution in [1.29, 1.82) is 0 Å². The lowest BCUT2D eigenvalue weighted by atomic mass is 9.82. The number of alkyl halides is 3. The van der Waals surface area contributed by atoms with Crippen LogP contribution < -0.4 is 9.64 Å². The second kappa shape index (κ2) is 10.9. The highest BCUT2D eigenvalue weighted by atomic mass is 35.5. The van der Waals surface area contributed by atoms with Crippen molar-refractivity contribution in [3.8, 4) is 5.75 Å². The first kappa shape index (κ1) is 30.4. The number of carbonyl (C=O) groups excluding carboxylic acids is 2. The van der Waals surface area contributed by atoms with Crippen molar-refractivity contribution in [3.63, 3.8) is 0 Å². The zero-order valence-corrected chi connectivity index (χ0v) is 24.7. The molecule has 1 aliphatic carbocycles. The van der Waals surface area contributed by atoms with Gasteiger partial charge in [0.25, 0.3) is 5.91 Å². The summed E-state index contributed by atoms with van der Waals surface area (Å²) < 4.78 is 66.8. The van der Waals surface area contributed by atoms with Crippen molar-refractivity contribution >= 4 is 29.3 Å². The van der Waals surface area contributed by atoms with Crippen LogP contribution in [0.2, 0.25) is 5.02 Å². The van der Waals surface area contributed by atoms with Crippen molar-refractivity contribution in [1.82, 2.24) is 9.88 Å². The fraction of sp³-hybridized carbons (Fsp3) is 0.567. The molecule has 1 aromatic heterocycles. The van der Waals surface area contributed by atoms with Gasteiger partial charge in [-0.2, -0.15) is 13.2 Å². The van der Waals surface area contributed by atoms with E-state index in [2.05, 4.69) is 4.98 Å². The van der Waals surface area contributed by atoms with E-state index in [1.807, 2.05) is 6.92 Å². The van der Waals surface area contributed by atoms with Gasteiger partial charge in [-0.3, -0.25) is 4.79 Å². The standard InChI is InChI=1S/C30H34ClF4N3O4/c1-28(2,3)42-27(40)23-6-5-9-38(23)26(39)19-10-18(17-7-8-17)24(12-22(19)32)41-16-29(4)14-37(15-29)25-11-20(30(33,34)35)21(31)13-36-25/h10-13,17,23H,5-9,14-16H2,1-4H3. The number of anilines is 1. The van der Waals surface area contributed by atoms with E-state index >= 15 is 4.39 Å². The van der Waals surface area contributed by atoms with Crippen LogP contribution in [0.25, 0.3) is 0 Å². The number of halogens is 5. The number of esters is 1. The predicted octanol–water partition coefficient (Wildman–Crippen LogP) is 6.62. The molecule has 228 valence electrons. The van der Waals surface area contributed by atoms with Crippen molar-refractivity contribution < 1.29 is 36.6 Å². The minimum atomic E-state index is -4.59. The van der Waals surface area contributed by atoms with Crippen LogP contribution in [0.4, 0.5) is 23.4 Å². The number of amides is 1. The second-order valence-corrected chi connectivity index (χ2v) is 13.2. The van der Waals surface area contributed by atoms with Crippen LogP contribution in [-0.4, -0.2) is 59.6 Å². The Bertz CT molecular complexity index is 1380. The molecular weight excluding hydrogens is 578 g/mol. The van der Waals surface area contributed by atoms with E-state index in [9.17, 15) is 22.8 Å². The molecule has 3 heterocycles. The van der Waals surface area contributed by atoms with Gasteiger partial charge in [0, 0.05) is 37.3 Å². The van der Waals surface area contributed by atoms with E-state index in [0.717, 1.165) is 30.7 Å². The number of ether oxygens (including phenoxy) is 2. The number of nitrogens with zero attached hydrogens (tertiary/aromatic N) is 3. The summed E-state index contributed by atoms with van der Waals surface area (Å²) in [6.45, 7) is 8.50. The molecular formula is C30H34ClF4N3O4. The van der Waals surface area contributed by atoms with Crippen LogP contribution in [0.3, 0.4) is 0 Å². The number of carbonyl (C=O) groups is 2. The largest absolute Gasteiger partial charge is 0.492 e. The fourth-order valence-corrected chi connectivity index (χ4v) is 5.76. The number of likely N-dealkylation sites (tertiary alicyclic amines) is 1. The Morgan fingerprint density at radius 1 is 1.12 bits per heavy atom. The van der Waals surface area contributed by atoms with Crippen molar-refractivity contribution in [2.75, 3.05) is 31.1 Å². The first-order valence-electron chi connectivity index (χ1n) is 14.0. The number of hydrogen-bond acceptors (Lipinski definition) is 6. The summed E-state index contributed by atoms with van der Waals surface area (Å²) in [6, 6.07) is 2.95. The van der Waals surface area contributed by atoms with Crippen LogP contribution >= 0.6 is 11.6 Å². The van der Waals surface area contributed by atoms with Crippen LogP contribution in [0.15, 0.2) is 24.4 Å². The molecule has 1 atom stereocenters. The Morgan fingerprint density at radius 3 is 2.43 bits per heavy atom. The van der Waals surface area contributed by atoms with E-state index in [1.165, 1.54) is 11.0 Å². The normalized spacial score (nSPS) is 20.4. The molecule has 1 aromatic carbocycles. The van der Waals surface area contributed by atoms with E-state index in [4.69, 9.17) is 21.1 Å². The number of pyridine rings is 1. The summed E-state index contributed by atoms with van der Waals surface area (Å²) in [5.74, 6) is -1.13. The number of benzene rings is 1. The predicted molar refractivity (Wildman–Crippen MR) is 148 cm³/mol. The molecule has 1 amide bonds. The van der Waals surface area contributed by atoms with E-state index < -0.39 is 51.5 Å². The smallest absolute Gasteiger partial charge is 0.418 e. The summed E-state index contributed by atoms with van der Waals surface area (Å²) in [4.78, 5) is 33.3. The molecule has 0 bridgehead atoms. The third kappa shape index (κ3) is 6.45. The summed E-state index contributed by atoms with van der Waals surface area (Å²) in [7, 11) is 0. The highest BCUT2D eigenvalue weighted by Crippen LogP contribution is 2.46. The number of rotatable bonds is 7. The van der Waals surface area contributed by atoms with Gasteiger partial charge in [-0.15, -0.1) is 0 Å². The Labute approximate surface area is 247 Å². The molecule has 0 N–H and O–H groups in total. The Kier molecular flexibility index (Phi) is 7.87. The molecule has 12 heteroatoms. The molecule has 5 rings (SSSR count). The van der Waals surface area contributed by atoms with Gasteiger partial charge >= 0.3 is 12.1 Å². The van der Waals surface area contributed by atoms with Gasteiger partial charge in [-0.05, 0) is 70.1 Å². The topological polar surface area (TPSA) is 72.0 Å². The summed E-state index contributed by atoms with van der Waals surface area (Å²) >= 11 is 5.69. The van der Waals surface area contributed by atoms with Crippen molar-refractivity contribution in [3.05, 3.63) is 51.9 Å². The Hall–Kier alpha value is -3.08. The monoisotopic (exact) mass is 611 g/mol. The van der Waals surface area contributed by atoms with Gasteiger partial charge in [-0.25, -0.2) is 14.2 Å². The van der Waals surface area contributed by atoms with Gasteiger partial charge in [0.15, 0.2) is 0 Å². The maximum Gasteiger partial charge on any atom is 0.418 e. The molecule has 1 saturated carbocycles. The first-order valence-corrected chi connectivity index (χ1v) is 14.4. The van der Waals surface area contributed by atoms with Crippen LogP contribution in [-0.2, 0) is 15.7 Å². The van der Waals surface area contributed by atoms with Crippen LogP contribution in [0.5, 0.6) is 5.75 Å². The summed E-state index contributed by atoms with van der Waals surface area (Å²) in [6.07, 6.45) is -0.751. The molecule has 42 heavy (non-hydrogen) atoms. The lowest BCUT2D eigenvalue weighted by Crippen LogP contribution is -2.58. The molecule has 3 aliphatic rings. The maximum absolute atomic E-state index is 15.4. The fourth-order valence-electron chi connectivity index (χ4n) is 5.55. The van der Waals surface area contributed by atoms with E-state index in [0.29, 0.717) is 38.2 Å². The second-order valence-electron chi connectivity index (χ2n) is 12.8. The third-order valence-corrected chi connectivity index (χ3v) is 8.03. The first-order chi connectivity index (χ1) is 19.5. The van der Waals surface area contributed by atoms with Gasteiger partial charge in [0.05, 0.1) is 22.8 Å². The average Bonchev–Trinajstić information content (AvgIpc) is 3.59. The zero-order valence-electron chi connectivity index (χ0n) is 24.0. The zero-order chi connectivity index (χ0) is 30.6. The molecule has 1 unspecified atom stereocenters.